The van der Waals surface area contributed by atoms with Crippen LogP contribution in [0.25, 0.3) is 0 Å². The van der Waals surface area contributed by atoms with Crippen molar-refractivity contribution in [2.45, 2.75) is 19.4 Å². The van der Waals surface area contributed by atoms with E-state index in [2.05, 4.69) is 25.2 Å². The Balaban J connectivity index is 2.46. The Morgan fingerprint density at radius 1 is 1.56 bits per heavy atom. The number of H-pyrrole nitrogens is 1. The molecular formula is C8H17N5O2S. The van der Waals surface area contributed by atoms with E-state index in [4.69, 9.17) is 0 Å². The number of aromatic amines is 1. The van der Waals surface area contributed by atoms with Crippen LogP contribution in [0.1, 0.15) is 25.2 Å². The molecule has 1 aromatic rings. The van der Waals surface area contributed by atoms with E-state index >= 15 is 0 Å². The average Bonchev–Trinajstić information content (AvgIpc) is 2.69. The van der Waals surface area contributed by atoms with Crippen LogP contribution in [0.15, 0.2) is 6.33 Å². The minimum atomic E-state index is -3.26. The monoisotopic (exact) mass is 247 g/mol. The summed E-state index contributed by atoms with van der Waals surface area (Å²) in [6.45, 7) is 2.40. The molecule has 1 heterocycles. The lowest BCUT2D eigenvalue weighted by atomic mass is 10.3. The molecule has 1 atom stereocenters. The summed E-state index contributed by atoms with van der Waals surface area (Å²) in [6.07, 6.45) is 1.93. The number of sulfonamides is 1. The van der Waals surface area contributed by atoms with Crippen LogP contribution in [-0.2, 0) is 10.0 Å². The number of nitrogens with zero attached hydrogens (tertiary/aromatic N) is 2. The van der Waals surface area contributed by atoms with Gasteiger partial charge in [0.15, 0.2) is 0 Å². The van der Waals surface area contributed by atoms with Crippen molar-refractivity contribution in [3.63, 3.8) is 0 Å². The molecule has 1 rings (SSSR count). The van der Waals surface area contributed by atoms with Crippen molar-refractivity contribution >= 4 is 10.0 Å². The molecule has 92 valence electrons. The average molecular weight is 247 g/mol. The zero-order valence-corrected chi connectivity index (χ0v) is 10.2. The third-order valence-corrected chi connectivity index (χ3v) is 3.58. The van der Waals surface area contributed by atoms with Crippen molar-refractivity contribution in [2.24, 2.45) is 0 Å². The van der Waals surface area contributed by atoms with Crippen molar-refractivity contribution in [1.29, 1.82) is 0 Å². The van der Waals surface area contributed by atoms with E-state index in [1.165, 1.54) is 6.33 Å². The molecule has 0 saturated carbocycles. The number of hydrogen-bond acceptors (Lipinski definition) is 5. The zero-order chi connectivity index (χ0) is 12.0. The van der Waals surface area contributed by atoms with Crippen LogP contribution >= 0.6 is 0 Å². The van der Waals surface area contributed by atoms with Gasteiger partial charge in [-0.05, 0) is 26.9 Å². The van der Waals surface area contributed by atoms with E-state index in [0.717, 1.165) is 0 Å². The molecule has 1 unspecified atom stereocenters. The van der Waals surface area contributed by atoms with Crippen molar-refractivity contribution < 1.29 is 8.42 Å². The Hall–Kier alpha value is -0.990. The van der Waals surface area contributed by atoms with Gasteiger partial charge in [-0.25, -0.2) is 18.1 Å². The van der Waals surface area contributed by atoms with E-state index in [0.29, 0.717) is 18.8 Å². The molecule has 8 heteroatoms. The Morgan fingerprint density at radius 3 is 2.88 bits per heavy atom. The van der Waals surface area contributed by atoms with Crippen LogP contribution in [0.5, 0.6) is 0 Å². The SMILES string of the molecule is CNCCCS(=O)(=O)NC(C)c1ncn[nH]1. The number of hydrogen-bond donors (Lipinski definition) is 3. The lowest BCUT2D eigenvalue weighted by Crippen LogP contribution is -2.30. The minimum absolute atomic E-state index is 0.103. The molecule has 0 aliphatic carbocycles. The number of aromatic nitrogens is 3. The first-order chi connectivity index (χ1) is 7.55. The number of nitrogens with one attached hydrogen (secondary N) is 3. The van der Waals surface area contributed by atoms with Crippen LogP contribution < -0.4 is 10.0 Å². The molecule has 0 spiro atoms. The number of rotatable bonds is 7. The van der Waals surface area contributed by atoms with Crippen LogP contribution in [0, 0.1) is 0 Å². The summed E-state index contributed by atoms with van der Waals surface area (Å²) in [5.74, 6) is 0.615. The molecule has 0 aliphatic rings. The van der Waals surface area contributed by atoms with Crippen molar-refractivity contribution in [2.75, 3.05) is 19.3 Å². The summed E-state index contributed by atoms with van der Waals surface area (Å²) in [6, 6.07) is -0.387. The van der Waals surface area contributed by atoms with Gasteiger partial charge in [0.05, 0.1) is 11.8 Å². The molecule has 3 N–H and O–H groups in total. The predicted molar refractivity (Wildman–Crippen MR) is 60.3 cm³/mol. The highest BCUT2D eigenvalue weighted by Crippen LogP contribution is 2.06. The summed E-state index contributed by atoms with van der Waals surface area (Å²) in [4.78, 5) is 3.89. The van der Waals surface area contributed by atoms with Gasteiger partial charge in [0, 0.05) is 0 Å². The fraction of sp³-hybridized carbons (Fsp3) is 0.750. The van der Waals surface area contributed by atoms with E-state index in [-0.39, 0.29) is 11.8 Å². The fourth-order valence-corrected chi connectivity index (χ4v) is 2.54. The summed E-state index contributed by atoms with van der Waals surface area (Å²) in [5, 5.41) is 9.19. The van der Waals surface area contributed by atoms with E-state index in [1.807, 2.05) is 0 Å². The van der Waals surface area contributed by atoms with Crippen molar-refractivity contribution in [3.05, 3.63) is 12.2 Å². The summed E-state index contributed by atoms with van der Waals surface area (Å²) >= 11 is 0. The van der Waals surface area contributed by atoms with Gasteiger partial charge in [0.2, 0.25) is 10.0 Å². The highest BCUT2D eigenvalue weighted by Gasteiger charge is 2.16. The van der Waals surface area contributed by atoms with Gasteiger partial charge < -0.3 is 5.32 Å². The summed E-state index contributed by atoms with van der Waals surface area (Å²) in [7, 11) is -1.47. The normalized spacial score (nSPS) is 13.9. The molecule has 0 saturated heterocycles. The molecule has 0 radical (unpaired) electrons. The highest BCUT2D eigenvalue weighted by atomic mass is 32.2. The first-order valence-corrected chi connectivity index (χ1v) is 6.70. The molecule has 0 amide bonds. The Bertz CT molecular complexity index is 389. The summed E-state index contributed by atoms with van der Waals surface area (Å²) < 4.78 is 25.7. The maximum absolute atomic E-state index is 11.6. The van der Waals surface area contributed by atoms with Gasteiger partial charge in [-0.2, -0.15) is 5.10 Å². The van der Waals surface area contributed by atoms with E-state index < -0.39 is 10.0 Å². The molecular weight excluding hydrogens is 230 g/mol. The lowest BCUT2D eigenvalue weighted by molar-refractivity contribution is 0.557. The molecule has 1 aromatic heterocycles. The van der Waals surface area contributed by atoms with Crippen LogP contribution in [0.2, 0.25) is 0 Å². The third-order valence-electron chi connectivity index (χ3n) is 2.04. The van der Waals surface area contributed by atoms with Crippen molar-refractivity contribution in [1.82, 2.24) is 25.2 Å². The molecule has 0 fully saturated rings. The van der Waals surface area contributed by atoms with Crippen LogP contribution in [0.3, 0.4) is 0 Å². The molecule has 16 heavy (non-hydrogen) atoms. The smallest absolute Gasteiger partial charge is 0.212 e. The van der Waals surface area contributed by atoms with Gasteiger partial charge >= 0.3 is 0 Å². The minimum Gasteiger partial charge on any atom is -0.320 e. The molecule has 0 bridgehead atoms. The van der Waals surface area contributed by atoms with Crippen LogP contribution in [0.4, 0.5) is 0 Å². The first kappa shape index (κ1) is 13.1. The van der Waals surface area contributed by atoms with Gasteiger partial charge in [-0.1, -0.05) is 0 Å². The predicted octanol–water partition coefficient (Wildman–Crippen LogP) is -0.605. The fourth-order valence-electron chi connectivity index (χ4n) is 1.25. The maximum Gasteiger partial charge on any atom is 0.212 e. The standard InChI is InChI=1S/C8H17N5O2S/c1-7(8-10-6-11-12-8)13-16(14,15)5-3-4-9-2/h6-7,9,13H,3-5H2,1-2H3,(H,10,11,12). The molecule has 0 aliphatic heterocycles. The quantitative estimate of drug-likeness (QED) is 0.558. The second-order valence-corrected chi connectivity index (χ2v) is 5.36. The van der Waals surface area contributed by atoms with Gasteiger partial charge in [0.25, 0.3) is 0 Å². The second kappa shape index (κ2) is 5.92. The van der Waals surface area contributed by atoms with Crippen LogP contribution in [-0.4, -0.2) is 42.9 Å². The van der Waals surface area contributed by atoms with Gasteiger partial charge in [-0.3, -0.25) is 5.10 Å². The first-order valence-electron chi connectivity index (χ1n) is 5.05. The Kier molecular flexibility index (Phi) is 4.84. The maximum atomic E-state index is 11.6. The van der Waals surface area contributed by atoms with E-state index in [9.17, 15) is 8.42 Å². The summed E-state index contributed by atoms with van der Waals surface area (Å²) in [5.41, 5.74) is 0. The zero-order valence-electron chi connectivity index (χ0n) is 9.40. The van der Waals surface area contributed by atoms with Crippen molar-refractivity contribution in [3.8, 4) is 0 Å². The lowest BCUT2D eigenvalue weighted by Gasteiger charge is -2.11. The van der Waals surface area contributed by atoms with E-state index in [1.54, 1.807) is 14.0 Å². The molecule has 7 nitrogen and oxygen atoms in total. The third kappa shape index (κ3) is 4.25. The van der Waals surface area contributed by atoms with Gasteiger partial charge in [0.1, 0.15) is 12.2 Å². The largest absolute Gasteiger partial charge is 0.320 e. The second-order valence-electron chi connectivity index (χ2n) is 3.49. The highest BCUT2D eigenvalue weighted by molar-refractivity contribution is 7.89. The topological polar surface area (TPSA) is 99.8 Å². The molecule has 0 aromatic carbocycles. The van der Waals surface area contributed by atoms with Gasteiger partial charge in [-0.15, -0.1) is 0 Å². The Morgan fingerprint density at radius 2 is 2.31 bits per heavy atom. The Labute approximate surface area is 95.1 Å².